The molecule has 0 radical (unpaired) electrons. The third-order valence-electron chi connectivity index (χ3n) is 3.88. The topological polar surface area (TPSA) is 81.4 Å². The van der Waals surface area contributed by atoms with Crippen LogP contribution in [0.15, 0.2) is 53.4 Å². The zero-order valence-electron chi connectivity index (χ0n) is 14.6. The Morgan fingerprint density at radius 3 is 2.16 bits per heavy atom. The number of nitrogens with two attached hydrogens (primary N) is 1. The first-order valence-electron chi connectivity index (χ1n) is 7.83. The quantitative estimate of drug-likeness (QED) is 0.767. The summed E-state index contributed by atoms with van der Waals surface area (Å²) >= 11 is 0. The fourth-order valence-electron chi connectivity index (χ4n) is 2.36. The number of ether oxygens (including phenoxy) is 1. The first-order valence-corrected chi connectivity index (χ1v) is 9.31. The molecule has 0 aliphatic rings. The van der Waals surface area contributed by atoms with E-state index in [4.69, 9.17) is 10.5 Å². The van der Waals surface area contributed by atoms with Crippen LogP contribution in [0, 0.1) is 0 Å². The highest BCUT2D eigenvalue weighted by Gasteiger charge is 2.20. The molecule has 2 aromatic carbocycles. The fourth-order valence-corrected chi connectivity index (χ4v) is 3.59. The number of para-hydroxylation sites is 1. The normalized spacial score (nSPS) is 12.5. The van der Waals surface area contributed by atoms with Crippen molar-refractivity contribution in [1.29, 1.82) is 0 Å². The molecule has 0 bridgehead atoms. The van der Waals surface area contributed by atoms with Gasteiger partial charge in [0.05, 0.1) is 7.11 Å². The van der Waals surface area contributed by atoms with Crippen LogP contribution in [0.2, 0.25) is 0 Å². The van der Waals surface area contributed by atoms with Gasteiger partial charge < -0.3 is 10.5 Å². The summed E-state index contributed by atoms with van der Waals surface area (Å²) in [5.74, 6) is 0.749. The van der Waals surface area contributed by atoms with Crippen LogP contribution in [-0.4, -0.2) is 22.1 Å². The highest BCUT2D eigenvalue weighted by molar-refractivity contribution is 7.89. The highest BCUT2D eigenvalue weighted by atomic mass is 35.5. The van der Waals surface area contributed by atoms with Crippen molar-refractivity contribution in [2.75, 3.05) is 13.7 Å². The molecule has 0 spiro atoms. The van der Waals surface area contributed by atoms with Crippen LogP contribution in [0.25, 0.3) is 0 Å². The molecule has 1 unspecified atom stereocenters. The number of nitrogens with one attached hydrogen (secondary N) is 1. The van der Waals surface area contributed by atoms with Gasteiger partial charge in [0.1, 0.15) is 10.6 Å². The maximum absolute atomic E-state index is 12.4. The van der Waals surface area contributed by atoms with Crippen molar-refractivity contribution >= 4 is 22.4 Å². The minimum absolute atomic E-state index is 0. The molecule has 0 aliphatic carbocycles. The summed E-state index contributed by atoms with van der Waals surface area (Å²) in [7, 11) is -2.24. The first kappa shape index (κ1) is 21.4. The summed E-state index contributed by atoms with van der Waals surface area (Å²) < 4.78 is 32.5. The molecular weight excluding hydrogens is 360 g/mol. The number of benzene rings is 2. The van der Waals surface area contributed by atoms with E-state index in [2.05, 4.69) is 18.6 Å². The van der Waals surface area contributed by atoms with Gasteiger partial charge in [0.15, 0.2) is 0 Å². The Bertz CT molecular complexity index is 777. The lowest BCUT2D eigenvalue weighted by Gasteiger charge is -2.16. The summed E-state index contributed by atoms with van der Waals surface area (Å²) in [6.07, 6.45) is 0. The van der Waals surface area contributed by atoms with E-state index in [9.17, 15) is 8.42 Å². The molecule has 3 N–H and O–H groups in total. The standard InChI is InChI=1S/C18H24N2O3S.ClH/c1-13(2)14-8-10-15(11-9-14)16(19)12-20-24(21,22)18-7-5-4-6-17(18)23-3;/h4-11,13,16,20H,12,19H2,1-3H3;1H. The van der Waals surface area contributed by atoms with E-state index in [1.165, 1.54) is 18.7 Å². The predicted octanol–water partition coefficient (Wildman–Crippen LogP) is 3.22. The SMILES string of the molecule is COc1ccccc1S(=O)(=O)NCC(N)c1ccc(C(C)C)cc1.Cl. The molecule has 0 aliphatic heterocycles. The molecule has 7 heteroatoms. The molecule has 0 heterocycles. The van der Waals surface area contributed by atoms with Crippen molar-refractivity contribution in [3.05, 3.63) is 59.7 Å². The summed E-state index contributed by atoms with van der Waals surface area (Å²) in [4.78, 5) is 0.106. The molecule has 2 rings (SSSR count). The smallest absolute Gasteiger partial charge is 0.244 e. The number of halogens is 1. The highest BCUT2D eigenvalue weighted by Crippen LogP contribution is 2.23. The average Bonchev–Trinajstić information content (AvgIpc) is 2.59. The number of sulfonamides is 1. The number of rotatable bonds is 7. The van der Waals surface area contributed by atoms with Crippen molar-refractivity contribution in [2.45, 2.75) is 30.7 Å². The molecule has 0 amide bonds. The van der Waals surface area contributed by atoms with Crippen molar-refractivity contribution < 1.29 is 13.2 Å². The van der Waals surface area contributed by atoms with Crippen LogP contribution in [0.3, 0.4) is 0 Å². The van der Waals surface area contributed by atoms with Crippen molar-refractivity contribution in [3.8, 4) is 5.75 Å². The molecule has 0 saturated heterocycles. The molecule has 0 saturated carbocycles. The second kappa shape index (κ2) is 9.20. The average molecular weight is 385 g/mol. The van der Waals surface area contributed by atoms with Crippen LogP contribution in [0.5, 0.6) is 5.75 Å². The molecule has 138 valence electrons. The zero-order valence-corrected chi connectivity index (χ0v) is 16.2. The maximum Gasteiger partial charge on any atom is 0.244 e. The lowest BCUT2D eigenvalue weighted by Crippen LogP contribution is -2.32. The Hall–Kier alpha value is -1.60. The Labute approximate surface area is 156 Å². The fraction of sp³-hybridized carbons (Fsp3) is 0.333. The number of hydrogen-bond acceptors (Lipinski definition) is 4. The second-order valence-electron chi connectivity index (χ2n) is 5.93. The summed E-state index contributed by atoms with van der Waals surface area (Å²) in [6, 6.07) is 14.0. The van der Waals surface area contributed by atoms with Gasteiger partial charge in [-0.3, -0.25) is 0 Å². The largest absolute Gasteiger partial charge is 0.495 e. The lowest BCUT2D eigenvalue weighted by molar-refractivity contribution is 0.402. The predicted molar refractivity (Wildman–Crippen MR) is 103 cm³/mol. The van der Waals surface area contributed by atoms with E-state index in [1.807, 2.05) is 24.3 Å². The van der Waals surface area contributed by atoms with E-state index in [0.717, 1.165) is 5.56 Å². The van der Waals surface area contributed by atoms with E-state index in [0.29, 0.717) is 11.7 Å². The van der Waals surface area contributed by atoms with Gasteiger partial charge in [-0.15, -0.1) is 12.4 Å². The van der Waals surface area contributed by atoms with E-state index in [-0.39, 0.29) is 23.8 Å². The van der Waals surface area contributed by atoms with E-state index >= 15 is 0 Å². The van der Waals surface area contributed by atoms with E-state index in [1.54, 1.807) is 18.2 Å². The third kappa shape index (κ3) is 5.44. The zero-order chi connectivity index (χ0) is 17.7. The van der Waals surface area contributed by atoms with Crippen molar-refractivity contribution in [3.63, 3.8) is 0 Å². The van der Waals surface area contributed by atoms with Gasteiger partial charge in [-0.25, -0.2) is 13.1 Å². The number of methoxy groups -OCH3 is 1. The molecule has 25 heavy (non-hydrogen) atoms. The lowest BCUT2D eigenvalue weighted by atomic mass is 9.99. The van der Waals surface area contributed by atoms with Gasteiger partial charge in [-0.2, -0.15) is 0 Å². The third-order valence-corrected chi connectivity index (χ3v) is 5.35. The van der Waals surface area contributed by atoms with Crippen molar-refractivity contribution in [2.24, 2.45) is 5.73 Å². The molecular formula is C18H25ClN2O3S. The van der Waals surface area contributed by atoms with Crippen LogP contribution in [-0.2, 0) is 10.0 Å². The van der Waals surface area contributed by atoms with Gasteiger partial charge in [0.25, 0.3) is 0 Å². The summed E-state index contributed by atoms with van der Waals surface area (Å²) in [5.41, 5.74) is 8.23. The van der Waals surface area contributed by atoms with Crippen molar-refractivity contribution in [1.82, 2.24) is 4.72 Å². The van der Waals surface area contributed by atoms with Gasteiger partial charge in [-0.05, 0) is 29.2 Å². The maximum atomic E-state index is 12.4. The summed E-state index contributed by atoms with van der Waals surface area (Å²) in [5, 5.41) is 0. The molecule has 1 atom stereocenters. The van der Waals surface area contributed by atoms with Gasteiger partial charge in [0, 0.05) is 12.6 Å². The van der Waals surface area contributed by atoms with Crippen LogP contribution < -0.4 is 15.2 Å². The molecule has 0 fully saturated rings. The van der Waals surface area contributed by atoms with Crippen LogP contribution in [0.1, 0.15) is 36.9 Å². The van der Waals surface area contributed by atoms with Gasteiger partial charge in [0.2, 0.25) is 10.0 Å². The Kier molecular flexibility index (Phi) is 7.89. The van der Waals surface area contributed by atoms with Gasteiger partial charge in [-0.1, -0.05) is 50.2 Å². The minimum Gasteiger partial charge on any atom is -0.495 e. The van der Waals surface area contributed by atoms with Crippen LogP contribution in [0.4, 0.5) is 0 Å². The first-order chi connectivity index (χ1) is 11.3. The monoisotopic (exact) mass is 384 g/mol. The van der Waals surface area contributed by atoms with Crippen LogP contribution >= 0.6 is 12.4 Å². The Morgan fingerprint density at radius 2 is 1.60 bits per heavy atom. The number of hydrogen-bond donors (Lipinski definition) is 2. The molecule has 2 aromatic rings. The Balaban J connectivity index is 0.00000312. The minimum atomic E-state index is -3.68. The molecule has 5 nitrogen and oxygen atoms in total. The Morgan fingerprint density at radius 1 is 1.04 bits per heavy atom. The second-order valence-corrected chi connectivity index (χ2v) is 7.67. The summed E-state index contributed by atoms with van der Waals surface area (Å²) in [6.45, 7) is 4.36. The van der Waals surface area contributed by atoms with Gasteiger partial charge >= 0.3 is 0 Å². The molecule has 0 aromatic heterocycles. The van der Waals surface area contributed by atoms with E-state index < -0.39 is 16.1 Å².